The fourth-order valence-electron chi connectivity index (χ4n) is 9.97. The van der Waals surface area contributed by atoms with Crippen LogP contribution in [0.5, 0.6) is 0 Å². The molecule has 326 valence electrons. The number of benzene rings is 3. The molecule has 7 aromatic rings. The van der Waals surface area contributed by atoms with Crippen molar-refractivity contribution in [3.63, 3.8) is 0 Å². The highest BCUT2D eigenvalue weighted by Gasteiger charge is 2.27. The SMILES string of the molecule is Cc1nc(-c2cc(C)c3sc4c(C)cc(C5=CCC=CCC5C5=Cc6c(sc(C(C)/C=C/C(C)c7nc(C)sc7-c7ccccc7)c6C)C(C)C=C5)cc4c3c2)c(C2=CCC=CC=C2)s1. The van der Waals surface area contributed by atoms with Gasteiger partial charge in [0.05, 0.1) is 31.2 Å². The molecule has 3 aliphatic carbocycles. The molecule has 0 bridgehead atoms. The van der Waals surface area contributed by atoms with E-state index in [1.54, 1.807) is 22.7 Å². The zero-order valence-corrected chi connectivity index (χ0v) is 41.9. The monoisotopic (exact) mass is 920 g/mol. The third-order valence-electron chi connectivity index (χ3n) is 13.3. The summed E-state index contributed by atoms with van der Waals surface area (Å²) in [6.45, 7) is 18.2. The van der Waals surface area contributed by atoms with E-state index in [2.05, 4.69) is 189 Å². The van der Waals surface area contributed by atoms with Gasteiger partial charge < -0.3 is 0 Å². The van der Waals surface area contributed by atoms with E-state index >= 15 is 0 Å². The van der Waals surface area contributed by atoms with E-state index in [1.165, 1.54) is 101 Å². The van der Waals surface area contributed by atoms with Crippen molar-refractivity contribution in [2.45, 2.75) is 92.4 Å². The quantitative estimate of drug-likeness (QED) is 0.135. The minimum atomic E-state index is 0.220. The van der Waals surface area contributed by atoms with Gasteiger partial charge in [-0.3, -0.25) is 0 Å². The van der Waals surface area contributed by atoms with Crippen LogP contribution in [0.1, 0.15) is 116 Å². The van der Waals surface area contributed by atoms with E-state index in [-0.39, 0.29) is 11.8 Å². The van der Waals surface area contributed by atoms with E-state index in [0.717, 1.165) is 35.0 Å². The molecule has 65 heavy (non-hydrogen) atoms. The van der Waals surface area contributed by atoms with Crippen LogP contribution in [0, 0.1) is 40.5 Å². The summed E-state index contributed by atoms with van der Waals surface area (Å²) in [5, 5.41) is 4.90. The zero-order chi connectivity index (χ0) is 44.9. The first-order valence-corrected chi connectivity index (χ1v) is 26.4. The average molecular weight is 921 g/mol. The molecule has 4 heterocycles. The van der Waals surface area contributed by atoms with Crippen LogP contribution in [-0.4, -0.2) is 9.97 Å². The number of hydrogen-bond donors (Lipinski definition) is 0. The summed E-state index contributed by atoms with van der Waals surface area (Å²) < 4.78 is 2.75. The summed E-state index contributed by atoms with van der Waals surface area (Å²) in [7, 11) is 0. The van der Waals surface area contributed by atoms with E-state index in [1.807, 2.05) is 22.7 Å². The predicted octanol–water partition coefficient (Wildman–Crippen LogP) is 18.4. The Kier molecular flexibility index (Phi) is 12.2. The van der Waals surface area contributed by atoms with Crippen molar-refractivity contribution in [1.82, 2.24) is 9.97 Å². The Morgan fingerprint density at radius 2 is 1.38 bits per heavy atom. The lowest BCUT2D eigenvalue weighted by Gasteiger charge is -2.21. The number of nitrogens with zero attached hydrogens (tertiary/aromatic N) is 2. The lowest BCUT2D eigenvalue weighted by molar-refractivity contribution is 0.824. The Labute approximate surface area is 401 Å². The molecule has 0 radical (unpaired) electrons. The normalized spacial score (nSPS) is 18.4. The highest BCUT2D eigenvalue weighted by molar-refractivity contribution is 7.26. The Morgan fingerprint density at radius 3 is 2.18 bits per heavy atom. The van der Waals surface area contributed by atoms with Crippen molar-refractivity contribution in [2.24, 2.45) is 5.92 Å². The molecule has 0 aliphatic heterocycles. The maximum atomic E-state index is 5.16. The van der Waals surface area contributed by atoms with Gasteiger partial charge in [-0.05, 0) is 128 Å². The summed E-state index contributed by atoms with van der Waals surface area (Å²) in [5.74, 6) is 1.11. The van der Waals surface area contributed by atoms with Crippen LogP contribution in [0.3, 0.4) is 0 Å². The number of thiazole rings is 2. The predicted molar refractivity (Wildman–Crippen MR) is 288 cm³/mol. The molecule has 2 nitrogen and oxygen atoms in total. The molecule has 0 spiro atoms. The van der Waals surface area contributed by atoms with Gasteiger partial charge in [-0.25, -0.2) is 9.97 Å². The summed E-state index contributed by atoms with van der Waals surface area (Å²) in [5.41, 5.74) is 15.7. The van der Waals surface area contributed by atoms with Gasteiger partial charge in [0, 0.05) is 59.2 Å². The molecule has 0 saturated carbocycles. The molecular formula is C59H56N2S4. The topological polar surface area (TPSA) is 25.8 Å². The van der Waals surface area contributed by atoms with E-state index in [0.29, 0.717) is 11.8 Å². The number of aromatic nitrogens is 2. The van der Waals surface area contributed by atoms with Crippen molar-refractivity contribution < 1.29 is 0 Å². The van der Waals surface area contributed by atoms with Crippen LogP contribution in [0.15, 0.2) is 133 Å². The van der Waals surface area contributed by atoms with Gasteiger partial charge in [0.2, 0.25) is 0 Å². The second-order valence-electron chi connectivity index (χ2n) is 18.1. The van der Waals surface area contributed by atoms with Crippen LogP contribution in [0.25, 0.3) is 59.1 Å². The summed E-state index contributed by atoms with van der Waals surface area (Å²) in [6.07, 6.45) is 33.5. The van der Waals surface area contributed by atoms with Gasteiger partial charge in [0.15, 0.2) is 0 Å². The van der Waals surface area contributed by atoms with Crippen LogP contribution in [0.2, 0.25) is 0 Å². The highest BCUT2D eigenvalue weighted by Crippen LogP contribution is 2.48. The molecule has 4 unspecified atom stereocenters. The van der Waals surface area contributed by atoms with E-state index < -0.39 is 0 Å². The van der Waals surface area contributed by atoms with Crippen molar-refractivity contribution >= 4 is 82.7 Å². The van der Waals surface area contributed by atoms with Crippen LogP contribution < -0.4 is 0 Å². The lowest BCUT2D eigenvalue weighted by Crippen LogP contribution is -2.05. The zero-order valence-electron chi connectivity index (χ0n) is 38.7. The Morgan fingerprint density at radius 1 is 0.677 bits per heavy atom. The van der Waals surface area contributed by atoms with Crippen molar-refractivity contribution in [3.8, 4) is 21.7 Å². The third kappa shape index (κ3) is 8.44. The first-order valence-electron chi connectivity index (χ1n) is 23.1. The van der Waals surface area contributed by atoms with Gasteiger partial charge in [0.25, 0.3) is 0 Å². The smallest absolute Gasteiger partial charge is 0.0908 e. The Balaban J connectivity index is 0.991. The summed E-state index contributed by atoms with van der Waals surface area (Å²) in [6, 6.07) is 20.5. The van der Waals surface area contributed by atoms with Crippen LogP contribution >= 0.6 is 45.3 Å². The number of thiophene rings is 2. The van der Waals surface area contributed by atoms with Gasteiger partial charge in [-0.2, -0.15) is 0 Å². The molecule has 4 atom stereocenters. The first-order chi connectivity index (χ1) is 31.5. The number of allylic oxidation sites excluding steroid dienone is 15. The molecule has 0 saturated heterocycles. The molecule has 0 amide bonds. The van der Waals surface area contributed by atoms with Crippen LogP contribution in [-0.2, 0) is 0 Å². The van der Waals surface area contributed by atoms with Gasteiger partial charge in [-0.15, -0.1) is 45.3 Å². The minimum Gasteiger partial charge on any atom is -0.245 e. The number of rotatable bonds is 9. The fourth-order valence-corrected chi connectivity index (χ4v) is 14.5. The molecule has 10 rings (SSSR count). The minimum absolute atomic E-state index is 0.220. The van der Waals surface area contributed by atoms with Crippen molar-refractivity contribution in [3.05, 3.63) is 191 Å². The number of hydrogen-bond acceptors (Lipinski definition) is 6. The molecule has 4 aromatic heterocycles. The third-order valence-corrected chi connectivity index (χ3v) is 18.6. The Hall–Kier alpha value is -5.24. The maximum absolute atomic E-state index is 5.16. The van der Waals surface area contributed by atoms with Gasteiger partial charge in [-0.1, -0.05) is 130 Å². The Bertz CT molecular complexity index is 3230. The molecule has 3 aromatic carbocycles. The highest BCUT2D eigenvalue weighted by atomic mass is 32.1. The van der Waals surface area contributed by atoms with Crippen molar-refractivity contribution in [1.29, 1.82) is 0 Å². The van der Waals surface area contributed by atoms with Gasteiger partial charge >= 0.3 is 0 Å². The van der Waals surface area contributed by atoms with Gasteiger partial charge in [0.1, 0.15) is 0 Å². The number of fused-ring (bicyclic) bond motifs is 4. The van der Waals surface area contributed by atoms with E-state index in [4.69, 9.17) is 9.97 Å². The van der Waals surface area contributed by atoms with Crippen LogP contribution in [0.4, 0.5) is 0 Å². The second-order valence-corrected chi connectivity index (χ2v) is 22.6. The molecule has 6 heteroatoms. The molecular weight excluding hydrogens is 865 g/mol. The average Bonchev–Trinajstić information content (AvgIpc) is 3.92. The second kappa shape index (κ2) is 18.2. The largest absolute Gasteiger partial charge is 0.245 e. The van der Waals surface area contributed by atoms with E-state index in [9.17, 15) is 0 Å². The molecule has 3 aliphatic rings. The standard InChI is InChI=1S/C59H56N2S4/c1-34(52-58(62-40(7)60-52)42-21-15-11-16-22-42)25-26-35(2)54-39(6)49-31-44(28-27-36(3)55(49)64-54)47-23-17-12-18-24-48(47)45-29-37(4)56-50(32-45)51-33-46(30-38(5)57(51)65-56)53-59(63-41(8)61-53)43-19-13-9-10-14-20-43/h9-13,15-17,19-22,24-36,47H,14,18,23H2,1-8H3/b26-25+. The molecule has 0 fully saturated rings. The summed E-state index contributed by atoms with van der Waals surface area (Å²) >= 11 is 7.55. The lowest BCUT2D eigenvalue weighted by atomic mass is 9.82. The van der Waals surface area contributed by atoms with Crippen molar-refractivity contribution in [2.75, 3.05) is 0 Å². The summed E-state index contributed by atoms with van der Waals surface area (Å²) in [4.78, 5) is 15.7. The fraction of sp³-hybridized carbons (Fsp3) is 0.254. The number of aryl methyl sites for hydroxylation is 4. The first kappa shape index (κ1) is 43.6. The molecule has 0 N–H and O–H groups in total. The maximum Gasteiger partial charge on any atom is 0.0908 e.